The summed E-state index contributed by atoms with van der Waals surface area (Å²) in [6.45, 7) is 0. The van der Waals surface area contributed by atoms with E-state index in [-0.39, 0.29) is 5.82 Å². The van der Waals surface area contributed by atoms with Crippen molar-refractivity contribution in [2.45, 2.75) is 0 Å². The Morgan fingerprint density at radius 2 is 1.83 bits per heavy atom. The van der Waals surface area contributed by atoms with Gasteiger partial charge in [-0.1, -0.05) is 59.9 Å². The zero-order valence-corrected chi connectivity index (χ0v) is 12.7. The van der Waals surface area contributed by atoms with Crippen molar-refractivity contribution in [2.75, 3.05) is 0 Å². The minimum atomic E-state index is -0.307. The Hall–Kier alpha value is -2.86. The molecular weight excluding hydrogens is 311 g/mol. The van der Waals surface area contributed by atoms with Gasteiger partial charge in [-0.15, -0.1) is 10.2 Å². The van der Waals surface area contributed by atoms with Gasteiger partial charge in [0.2, 0.25) is 4.96 Å². The zero-order valence-electron chi connectivity index (χ0n) is 11.9. The molecule has 0 fully saturated rings. The average Bonchev–Trinajstić information content (AvgIpc) is 3.14. The van der Waals surface area contributed by atoms with E-state index in [9.17, 15) is 4.39 Å². The summed E-state index contributed by atoms with van der Waals surface area (Å²) in [6, 6.07) is 16.3. The van der Waals surface area contributed by atoms with E-state index in [2.05, 4.69) is 15.3 Å². The number of nitrogens with zero attached hydrogens (tertiary/aromatic N) is 4. The molecule has 0 aliphatic carbocycles. The van der Waals surface area contributed by atoms with Crippen LogP contribution in [0, 0.1) is 5.82 Å². The number of hydrogen-bond donors (Lipinski definition) is 0. The van der Waals surface area contributed by atoms with Crippen LogP contribution in [-0.4, -0.2) is 19.8 Å². The fourth-order valence-electron chi connectivity index (χ4n) is 2.24. The van der Waals surface area contributed by atoms with E-state index in [0.717, 1.165) is 10.6 Å². The minimum absolute atomic E-state index is 0.307. The first kappa shape index (κ1) is 13.8. The maximum absolute atomic E-state index is 13.4. The van der Waals surface area contributed by atoms with Crippen LogP contribution in [0.5, 0.6) is 0 Å². The number of rotatable bonds is 3. The molecule has 23 heavy (non-hydrogen) atoms. The average molecular weight is 322 g/mol. The summed E-state index contributed by atoms with van der Waals surface area (Å²) in [5.41, 5.74) is 1.75. The molecule has 0 saturated heterocycles. The Morgan fingerprint density at radius 3 is 2.65 bits per heavy atom. The Bertz CT molecular complexity index is 988. The van der Waals surface area contributed by atoms with Gasteiger partial charge in [0, 0.05) is 5.56 Å². The summed E-state index contributed by atoms with van der Waals surface area (Å²) in [5.74, 6) is 0.230. The SMILES string of the molecule is Fc1cccc(-c2nnc3sc(/C=C/c4ccccc4)nn23)c1. The molecule has 0 unspecified atom stereocenters. The van der Waals surface area contributed by atoms with Crippen LogP contribution in [0.15, 0.2) is 54.6 Å². The summed E-state index contributed by atoms with van der Waals surface area (Å²) in [7, 11) is 0. The highest BCUT2D eigenvalue weighted by Gasteiger charge is 2.12. The molecule has 0 amide bonds. The normalized spacial score (nSPS) is 11.5. The molecule has 4 rings (SSSR count). The van der Waals surface area contributed by atoms with Crippen molar-refractivity contribution >= 4 is 28.4 Å². The second-order valence-electron chi connectivity index (χ2n) is 4.91. The first-order chi connectivity index (χ1) is 11.3. The fraction of sp³-hybridized carbons (Fsp3) is 0. The van der Waals surface area contributed by atoms with E-state index < -0.39 is 0 Å². The molecule has 112 valence electrons. The van der Waals surface area contributed by atoms with Crippen LogP contribution in [0.3, 0.4) is 0 Å². The number of halogens is 1. The minimum Gasteiger partial charge on any atom is -0.207 e. The summed E-state index contributed by atoms with van der Waals surface area (Å²) >= 11 is 1.43. The molecular formula is C17H11FN4S. The lowest BCUT2D eigenvalue weighted by Gasteiger charge is -1.96. The van der Waals surface area contributed by atoms with Gasteiger partial charge < -0.3 is 0 Å². The third kappa shape index (κ3) is 2.76. The second-order valence-corrected chi connectivity index (χ2v) is 5.90. The molecule has 4 aromatic rings. The highest BCUT2D eigenvalue weighted by molar-refractivity contribution is 7.17. The third-order valence-electron chi connectivity index (χ3n) is 3.31. The molecule has 0 aliphatic rings. The predicted octanol–water partition coefficient (Wildman–Crippen LogP) is 4.16. The molecule has 2 heterocycles. The molecule has 0 radical (unpaired) electrons. The summed E-state index contributed by atoms with van der Waals surface area (Å²) < 4.78 is 15.0. The van der Waals surface area contributed by atoms with Crippen LogP contribution >= 0.6 is 11.3 Å². The van der Waals surface area contributed by atoms with Crippen molar-refractivity contribution in [1.82, 2.24) is 19.8 Å². The van der Waals surface area contributed by atoms with Crippen molar-refractivity contribution in [1.29, 1.82) is 0 Å². The van der Waals surface area contributed by atoms with Crippen LogP contribution in [0.4, 0.5) is 4.39 Å². The Morgan fingerprint density at radius 1 is 0.957 bits per heavy atom. The van der Waals surface area contributed by atoms with Gasteiger partial charge in [-0.25, -0.2) is 4.39 Å². The van der Waals surface area contributed by atoms with Crippen molar-refractivity contribution in [3.8, 4) is 11.4 Å². The van der Waals surface area contributed by atoms with Crippen LogP contribution in [-0.2, 0) is 0 Å². The van der Waals surface area contributed by atoms with Crippen LogP contribution in [0.1, 0.15) is 10.6 Å². The van der Waals surface area contributed by atoms with E-state index in [1.165, 1.54) is 23.5 Å². The monoisotopic (exact) mass is 322 g/mol. The van der Waals surface area contributed by atoms with Gasteiger partial charge in [0.25, 0.3) is 0 Å². The maximum atomic E-state index is 13.4. The Kier molecular flexibility index (Phi) is 3.44. The molecule has 0 N–H and O–H groups in total. The van der Waals surface area contributed by atoms with Crippen molar-refractivity contribution in [3.05, 3.63) is 71.0 Å². The standard InChI is InChI=1S/C17H11FN4S/c18-14-8-4-7-13(11-14)16-19-20-17-22(16)21-15(23-17)10-9-12-5-2-1-3-6-12/h1-11H/b10-9+. The lowest BCUT2D eigenvalue weighted by atomic mass is 10.2. The summed E-state index contributed by atoms with van der Waals surface area (Å²) in [5, 5.41) is 13.5. The number of hydrogen-bond acceptors (Lipinski definition) is 4. The van der Waals surface area contributed by atoms with E-state index in [1.54, 1.807) is 16.6 Å². The topological polar surface area (TPSA) is 43.1 Å². The molecule has 2 aromatic heterocycles. The van der Waals surface area contributed by atoms with Crippen LogP contribution < -0.4 is 0 Å². The van der Waals surface area contributed by atoms with Gasteiger partial charge in [-0.3, -0.25) is 0 Å². The molecule has 0 bridgehead atoms. The molecule has 0 saturated carbocycles. The van der Waals surface area contributed by atoms with Crippen molar-refractivity contribution < 1.29 is 4.39 Å². The second kappa shape index (κ2) is 5.73. The third-order valence-corrected chi connectivity index (χ3v) is 4.17. The summed E-state index contributed by atoms with van der Waals surface area (Å²) in [4.78, 5) is 0.678. The number of fused-ring (bicyclic) bond motifs is 1. The van der Waals surface area contributed by atoms with Gasteiger partial charge in [0.05, 0.1) is 0 Å². The molecule has 0 aliphatic heterocycles. The predicted molar refractivity (Wildman–Crippen MR) is 89.4 cm³/mol. The Balaban J connectivity index is 1.71. The largest absolute Gasteiger partial charge is 0.235 e. The van der Waals surface area contributed by atoms with Gasteiger partial charge in [0.1, 0.15) is 10.8 Å². The van der Waals surface area contributed by atoms with Gasteiger partial charge in [0.15, 0.2) is 5.82 Å². The van der Waals surface area contributed by atoms with Crippen LogP contribution in [0.2, 0.25) is 0 Å². The molecule has 4 nitrogen and oxygen atoms in total. The first-order valence-electron chi connectivity index (χ1n) is 7.01. The number of benzene rings is 2. The smallest absolute Gasteiger partial charge is 0.207 e. The maximum Gasteiger partial charge on any atom is 0.235 e. The lowest BCUT2D eigenvalue weighted by Crippen LogP contribution is -1.91. The fourth-order valence-corrected chi connectivity index (χ4v) is 2.98. The van der Waals surface area contributed by atoms with Gasteiger partial charge in [-0.05, 0) is 23.8 Å². The molecule has 6 heteroatoms. The van der Waals surface area contributed by atoms with Crippen molar-refractivity contribution in [3.63, 3.8) is 0 Å². The van der Waals surface area contributed by atoms with E-state index in [4.69, 9.17) is 0 Å². The van der Waals surface area contributed by atoms with Crippen LogP contribution in [0.25, 0.3) is 28.5 Å². The Labute approximate surface area is 135 Å². The first-order valence-corrected chi connectivity index (χ1v) is 7.82. The molecule has 0 atom stereocenters. The van der Waals surface area contributed by atoms with Crippen molar-refractivity contribution in [2.24, 2.45) is 0 Å². The molecule has 0 spiro atoms. The summed E-state index contributed by atoms with van der Waals surface area (Å²) in [6.07, 6.45) is 3.93. The number of aromatic nitrogens is 4. The van der Waals surface area contributed by atoms with Gasteiger partial charge in [-0.2, -0.15) is 9.61 Å². The lowest BCUT2D eigenvalue weighted by molar-refractivity contribution is 0.628. The quantitative estimate of drug-likeness (QED) is 0.569. The van der Waals surface area contributed by atoms with E-state index in [1.807, 2.05) is 42.5 Å². The highest BCUT2D eigenvalue weighted by Crippen LogP contribution is 2.23. The zero-order chi connectivity index (χ0) is 15.6. The van der Waals surface area contributed by atoms with Gasteiger partial charge >= 0.3 is 0 Å². The highest BCUT2D eigenvalue weighted by atomic mass is 32.1. The van der Waals surface area contributed by atoms with E-state index in [0.29, 0.717) is 16.3 Å². The van der Waals surface area contributed by atoms with E-state index >= 15 is 0 Å². The molecule has 2 aromatic carbocycles.